The molecular formula is C18H25N2O15P3. The van der Waals surface area contributed by atoms with E-state index in [4.69, 9.17) is 14.5 Å². The number of aliphatic hydroxyl groups is 2. The first-order valence-electron chi connectivity index (χ1n) is 10.7. The normalized spacial score (nSPS) is 25.1. The van der Waals surface area contributed by atoms with Gasteiger partial charge in [-0.1, -0.05) is 29.8 Å². The Morgan fingerprint density at radius 1 is 0.921 bits per heavy atom. The van der Waals surface area contributed by atoms with Crippen molar-refractivity contribution >= 4 is 23.5 Å². The molecule has 1 aliphatic heterocycles. The van der Waals surface area contributed by atoms with Gasteiger partial charge in [0.25, 0.3) is 5.56 Å². The summed E-state index contributed by atoms with van der Waals surface area (Å²) in [6.45, 7) is 0.838. The average Bonchev–Trinajstić information content (AvgIpc) is 3.05. The third-order valence-electron chi connectivity index (χ3n) is 5.27. The van der Waals surface area contributed by atoms with Gasteiger partial charge in [-0.15, -0.1) is 0 Å². The fourth-order valence-corrected chi connectivity index (χ4v) is 6.52. The van der Waals surface area contributed by atoms with Crippen LogP contribution in [0.1, 0.15) is 17.4 Å². The maximum atomic E-state index is 13.0. The molecule has 1 aliphatic rings. The van der Waals surface area contributed by atoms with E-state index in [0.717, 1.165) is 32.5 Å². The summed E-state index contributed by atoms with van der Waals surface area (Å²) in [5.74, 6) is 0. The van der Waals surface area contributed by atoms with Crippen LogP contribution in [0.3, 0.4) is 0 Å². The minimum absolute atomic E-state index is 0.0115. The summed E-state index contributed by atoms with van der Waals surface area (Å²) >= 11 is 0. The maximum absolute atomic E-state index is 13.0. The minimum atomic E-state index is -5.76. The monoisotopic (exact) mass is 602 g/mol. The van der Waals surface area contributed by atoms with E-state index in [1.54, 1.807) is 0 Å². The molecule has 1 aromatic carbocycles. The molecule has 2 aromatic rings. The number of hydrogen-bond acceptors (Lipinski definition) is 11. The molecule has 212 valence electrons. The molecule has 0 bridgehead atoms. The van der Waals surface area contributed by atoms with Gasteiger partial charge in [0, 0.05) is 18.8 Å². The molecule has 0 amide bonds. The van der Waals surface area contributed by atoms with Crippen molar-refractivity contribution in [3.8, 4) is 0 Å². The van der Waals surface area contributed by atoms with E-state index < -0.39 is 65.9 Å². The van der Waals surface area contributed by atoms with E-state index in [1.807, 2.05) is 31.2 Å². The fraction of sp³-hybridized carbons (Fsp3) is 0.444. The van der Waals surface area contributed by atoms with Crippen molar-refractivity contribution in [2.24, 2.45) is 0 Å². The van der Waals surface area contributed by atoms with Crippen LogP contribution in [0.25, 0.3) is 0 Å². The number of benzene rings is 1. The zero-order valence-corrected chi connectivity index (χ0v) is 22.2. The summed E-state index contributed by atoms with van der Waals surface area (Å²) in [4.78, 5) is 61.2. The second-order valence-electron chi connectivity index (χ2n) is 8.16. The van der Waals surface area contributed by atoms with Crippen molar-refractivity contribution in [3.05, 3.63) is 68.5 Å². The van der Waals surface area contributed by atoms with Crippen molar-refractivity contribution in [2.75, 3.05) is 6.61 Å². The lowest BCUT2D eigenvalue weighted by Crippen LogP contribution is -2.43. The molecule has 38 heavy (non-hydrogen) atoms. The summed E-state index contributed by atoms with van der Waals surface area (Å²) in [5.41, 5.74) is 0.378. The van der Waals surface area contributed by atoms with Gasteiger partial charge in [-0.25, -0.2) is 18.5 Å². The minimum Gasteiger partial charge on any atom is -0.387 e. The quantitative estimate of drug-likeness (QED) is 0.178. The lowest BCUT2D eigenvalue weighted by Gasteiger charge is -2.19. The Balaban J connectivity index is 1.71. The highest BCUT2D eigenvalue weighted by Crippen LogP contribution is 2.66. The lowest BCUT2D eigenvalue weighted by molar-refractivity contribution is -0.0548. The van der Waals surface area contributed by atoms with E-state index in [2.05, 4.69) is 13.1 Å². The molecule has 6 atom stereocenters. The first kappa shape index (κ1) is 30.7. The Hall–Kier alpha value is -1.81. The number of hydrogen-bond donors (Lipinski definition) is 6. The molecule has 1 saturated heterocycles. The standard InChI is InChI=1S/C18H25N2O15P3/c1-11-2-4-12(5-3-11)6-8-19-14(21)7-9-20(18(19)24)17-16(23)15(22)13(33-17)10-32-37(28,29)35-38(30,31)34-36(25,26)27/h2-5,7,9,13,15-17,22-23H,6,8,10H2,1H3,(H,28,29)(H,30,31)(H2,25,26,27)/t13-,15+,16?,17-/m1/s1. The SMILES string of the molecule is Cc1ccc(CCn2c(=O)ccn([C@@H]3O[C@H](COP(=O)(O)OP(=O)(O)OP(=O)(O)O)[C@H](O)C3O)c2=O)cc1. The number of aromatic nitrogens is 2. The number of phosphoric ester groups is 1. The van der Waals surface area contributed by atoms with Crippen LogP contribution >= 0.6 is 23.5 Å². The molecule has 1 fully saturated rings. The molecule has 6 N–H and O–H groups in total. The maximum Gasteiger partial charge on any atom is 0.490 e. The van der Waals surface area contributed by atoms with Gasteiger partial charge in [-0.2, -0.15) is 8.62 Å². The third-order valence-corrected chi connectivity index (χ3v) is 9.07. The molecule has 0 spiro atoms. The molecular weight excluding hydrogens is 577 g/mol. The molecule has 1 aromatic heterocycles. The van der Waals surface area contributed by atoms with E-state index in [1.165, 1.54) is 0 Å². The van der Waals surface area contributed by atoms with Gasteiger partial charge in [-0.05, 0) is 18.9 Å². The first-order chi connectivity index (χ1) is 17.5. The molecule has 0 saturated carbocycles. The molecule has 0 aliphatic carbocycles. The van der Waals surface area contributed by atoms with Crippen LogP contribution in [0, 0.1) is 6.92 Å². The Kier molecular flexibility index (Phi) is 9.49. The molecule has 3 rings (SSSR count). The van der Waals surface area contributed by atoms with Crippen molar-refractivity contribution in [3.63, 3.8) is 0 Å². The predicted molar refractivity (Wildman–Crippen MR) is 126 cm³/mol. The number of aliphatic hydroxyl groups excluding tert-OH is 2. The van der Waals surface area contributed by atoms with Gasteiger partial charge in [0.15, 0.2) is 6.23 Å². The van der Waals surface area contributed by atoms with E-state index in [0.29, 0.717) is 6.42 Å². The Labute approximate surface area is 213 Å². The second-order valence-corrected chi connectivity index (χ2v) is 12.6. The van der Waals surface area contributed by atoms with Crippen LogP contribution in [0.5, 0.6) is 0 Å². The van der Waals surface area contributed by atoms with Crippen LogP contribution in [0.15, 0.2) is 46.1 Å². The van der Waals surface area contributed by atoms with Crippen LogP contribution < -0.4 is 11.2 Å². The predicted octanol–water partition coefficient (Wildman–Crippen LogP) is -0.476. The van der Waals surface area contributed by atoms with E-state index >= 15 is 0 Å². The number of phosphoric acid groups is 3. The van der Waals surface area contributed by atoms with Crippen LogP contribution in [-0.2, 0) is 44.5 Å². The number of aryl methyl sites for hydroxylation is 2. The highest BCUT2D eigenvalue weighted by molar-refractivity contribution is 7.66. The van der Waals surface area contributed by atoms with Gasteiger partial charge >= 0.3 is 29.2 Å². The summed E-state index contributed by atoms with van der Waals surface area (Å²) in [6, 6.07) is 8.45. The first-order valence-corrected chi connectivity index (χ1v) is 15.2. The van der Waals surface area contributed by atoms with Gasteiger partial charge < -0.3 is 34.5 Å². The Morgan fingerprint density at radius 2 is 1.55 bits per heavy atom. The fourth-order valence-electron chi connectivity index (χ4n) is 3.49. The van der Waals surface area contributed by atoms with E-state index in [9.17, 15) is 43.3 Å². The molecule has 0 radical (unpaired) electrons. The van der Waals surface area contributed by atoms with Crippen molar-refractivity contribution in [1.82, 2.24) is 9.13 Å². The van der Waals surface area contributed by atoms with Crippen LogP contribution in [0.2, 0.25) is 0 Å². The van der Waals surface area contributed by atoms with E-state index in [-0.39, 0.29) is 6.54 Å². The van der Waals surface area contributed by atoms with Gasteiger partial charge in [0.1, 0.15) is 18.3 Å². The van der Waals surface area contributed by atoms with Crippen LogP contribution in [-0.4, -0.2) is 63.8 Å². The average molecular weight is 602 g/mol. The summed E-state index contributed by atoms with van der Waals surface area (Å²) in [5, 5.41) is 20.7. The molecule has 3 unspecified atom stereocenters. The summed E-state index contributed by atoms with van der Waals surface area (Å²) in [6.07, 6.45) is -5.41. The molecule has 2 heterocycles. The topological polar surface area (TPSA) is 254 Å². The van der Waals surface area contributed by atoms with Gasteiger partial charge in [0.2, 0.25) is 0 Å². The highest BCUT2D eigenvalue weighted by Gasteiger charge is 2.46. The van der Waals surface area contributed by atoms with Crippen molar-refractivity contribution < 1.29 is 61.4 Å². The summed E-state index contributed by atoms with van der Waals surface area (Å²) < 4.78 is 52.7. The van der Waals surface area contributed by atoms with Crippen LogP contribution in [0.4, 0.5) is 0 Å². The second kappa shape index (κ2) is 11.7. The number of nitrogens with zero attached hydrogens (tertiary/aromatic N) is 2. The van der Waals surface area contributed by atoms with Gasteiger partial charge in [0.05, 0.1) is 6.61 Å². The molecule has 17 nitrogen and oxygen atoms in total. The largest absolute Gasteiger partial charge is 0.490 e. The third kappa shape index (κ3) is 8.10. The van der Waals surface area contributed by atoms with Crippen molar-refractivity contribution in [1.29, 1.82) is 0 Å². The number of ether oxygens (including phenoxy) is 1. The Morgan fingerprint density at radius 3 is 2.16 bits per heavy atom. The lowest BCUT2D eigenvalue weighted by atomic mass is 10.1. The Bertz CT molecular complexity index is 1400. The smallest absolute Gasteiger partial charge is 0.387 e. The molecule has 20 heteroatoms. The van der Waals surface area contributed by atoms with Crippen molar-refractivity contribution in [2.45, 2.75) is 44.4 Å². The summed E-state index contributed by atoms with van der Waals surface area (Å²) in [7, 11) is -16.9. The number of rotatable bonds is 11. The van der Waals surface area contributed by atoms with Gasteiger partial charge in [-0.3, -0.25) is 18.5 Å². The zero-order valence-electron chi connectivity index (χ0n) is 19.5. The zero-order chi connectivity index (χ0) is 28.5. The highest BCUT2D eigenvalue weighted by atomic mass is 31.3.